The van der Waals surface area contributed by atoms with Crippen molar-refractivity contribution in [2.75, 3.05) is 5.73 Å². The summed E-state index contributed by atoms with van der Waals surface area (Å²) in [6.45, 7) is 1.93. The zero-order valence-electron chi connectivity index (χ0n) is 9.88. The van der Waals surface area contributed by atoms with Crippen molar-refractivity contribution in [3.8, 4) is 0 Å². The molecule has 4 nitrogen and oxygen atoms in total. The second-order valence-electron chi connectivity index (χ2n) is 3.96. The van der Waals surface area contributed by atoms with E-state index in [1.54, 1.807) is 28.9 Å². The quantitative estimate of drug-likeness (QED) is 0.841. The third-order valence-electron chi connectivity index (χ3n) is 2.52. The van der Waals surface area contributed by atoms with Crippen molar-refractivity contribution in [3.05, 3.63) is 41.7 Å². The summed E-state index contributed by atoms with van der Waals surface area (Å²) < 4.78 is 13.9. The van der Waals surface area contributed by atoms with E-state index in [2.05, 4.69) is 5.10 Å². The summed E-state index contributed by atoms with van der Waals surface area (Å²) in [4.78, 5) is 0.790. The van der Waals surface area contributed by atoms with Crippen LogP contribution in [0, 0.1) is 6.92 Å². The third kappa shape index (κ3) is 2.74. The first-order chi connectivity index (χ1) is 8.06. The van der Waals surface area contributed by atoms with E-state index in [9.17, 15) is 4.21 Å². The Labute approximate surface area is 103 Å². The van der Waals surface area contributed by atoms with Crippen LogP contribution < -0.4 is 5.73 Å². The molecule has 2 aromatic rings. The van der Waals surface area contributed by atoms with Gasteiger partial charge in [-0.15, -0.1) is 0 Å². The highest BCUT2D eigenvalue weighted by atomic mass is 32.2. The van der Waals surface area contributed by atoms with Gasteiger partial charge in [-0.3, -0.25) is 8.89 Å². The Bertz CT molecular complexity index is 545. The van der Waals surface area contributed by atoms with Gasteiger partial charge in [0, 0.05) is 17.6 Å². The van der Waals surface area contributed by atoms with Gasteiger partial charge in [-0.1, -0.05) is 0 Å². The number of hydrogen-bond donors (Lipinski definition) is 1. The molecule has 1 heterocycles. The molecule has 0 aliphatic rings. The molecule has 0 aliphatic heterocycles. The van der Waals surface area contributed by atoms with Gasteiger partial charge in [0.25, 0.3) is 0 Å². The van der Waals surface area contributed by atoms with Crippen molar-refractivity contribution in [1.29, 1.82) is 0 Å². The van der Waals surface area contributed by atoms with Crippen LogP contribution in [0.4, 0.5) is 5.69 Å². The molecule has 1 aromatic carbocycles. The summed E-state index contributed by atoms with van der Waals surface area (Å²) in [5, 5.41) is 4.23. The summed E-state index contributed by atoms with van der Waals surface area (Å²) >= 11 is 0. The van der Waals surface area contributed by atoms with Crippen molar-refractivity contribution in [3.63, 3.8) is 0 Å². The van der Waals surface area contributed by atoms with Gasteiger partial charge in [0.1, 0.15) is 0 Å². The average Bonchev–Trinajstić information content (AvgIpc) is 2.58. The molecule has 0 saturated carbocycles. The average molecular weight is 249 g/mol. The highest BCUT2D eigenvalue weighted by Gasteiger charge is 2.09. The molecule has 1 aromatic heterocycles. The standard InChI is InChI=1S/C12H15N3OS/c1-9-7-11(15(2)14-9)8-17(16)12-5-3-10(13)4-6-12/h3-7H,8,13H2,1-2H3. The van der Waals surface area contributed by atoms with E-state index in [0.717, 1.165) is 16.3 Å². The molecule has 90 valence electrons. The molecule has 0 saturated heterocycles. The summed E-state index contributed by atoms with van der Waals surface area (Å²) in [6, 6.07) is 9.09. The van der Waals surface area contributed by atoms with Crippen molar-refractivity contribution in [1.82, 2.24) is 9.78 Å². The van der Waals surface area contributed by atoms with E-state index in [1.165, 1.54) is 0 Å². The molecule has 0 fully saturated rings. The Morgan fingerprint density at radius 1 is 1.35 bits per heavy atom. The van der Waals surface area contributed by atoms with Gasteiger partial charge in [-0.2, -0.15) is 5.10 Å². The predicted molar refractivity (Wildman–Crippen MR) is 68.9 cm³/mol. The fourth-order valence-corrected chi connectivity index (χ4v) is 2.78. The van der Waals surface area contributed by atoms with Crippen LogP contribution in [0.1, 0.15) is 11.4 Å². The lowest BCUT2D eigenvalue weighted by Gasteiger charge is -2.03. The highest BCUT2D eigenvalue weighted by molar-refractivity contribution is 7.84. The zero-order chi connectivity index (χ0) is 12.4. The van der Waals surface area contributed by atoms with Gasteiger partial charge >= 0.3 is 0 Å². The highest BCUT2D eigenvalue weighted by Crippen LogP contribution is 2.14. The first-order valence-electron chi connectivity index (χ1n) is 5.29. The zero-order valence-corrected chi connectivity index (χ0v) is 10.7. The van der Waals surface area contributed by atoms with Gasteiger partial charge in [-0.05, 0) is 37.3 Å². The Kier molecular flexibility index (Phi) is 3.28. The first kappa shape index (κ1) is 11.9. The van der Waals surface area contributed by atoms with Gasteiger partial charge < -0.3 is 5.73 Å². The number of hydrogen-bond acceptors (Lipinski definition) is 3. The Hall–Kier alpha value is -1.62. The lowest BCUT2D eigenvalue weighted by atomic mass is 10.3. The van der Waals surface area contributed by atoms with E-state index in [4.69, 9.17) is 5.73 Å². The fourth-order valence-electron chi connectivity index (χ4n) is 1.64. The number of rotatable bonds is 3. The van der Waals surface area contributed by atoms with Crippen LogP contribution in [0.15, 0.2) is 35.2 Å². The molecular weight excluding hydrogens is 234 g/mol. The molecule has 0 amide bonds. The number of aryl methyl sites for hydroxylation is 2. The smallest absolute Gasteiger partial charge is 0.0702 e. The number of nitrogens with two attached hydrogens (primary N) is 1. The third-order valence-corrected chi connectivity index (χ3v) is 3.88. The maximum absolute atomic E-state index is 12.1. The molecule has 2 N–H and O–H groups in total. The summed E-state index contributed by atoms with van der Waals surface area (Å²) in [7, 11) is 0.808. The Morgan fingerprint density at radius 3 is 2.53 bits per heavy atom. The second-order valence-corrected chi connectivity index (χ2v) is 5.41. The minimum absolute atomic E-state index is 0.473. The van der Waals surface area contributed by atoms with Crippen molar-refractivity contribution in [2.24, 2.45) is 7.05 Å². The number of anilines is 1. The van der Waals surface area contributed by atoms with E-state index in [0.29, 0.717) is 11.4 Å². The van der Waals surface area contributed by atoms with Crippen LogP contribution in [0.5, 0.6) is 0 Å². The van der Waals surface area contributed by atoms with Gasteiger partial charge in [-0.25, -0.2) is 0 Å². The monoisotopic (exact) mass is 249 g/mol. The molecule has 0 spiro atoms. The SMILES string of the molecule is Cc1cc(CS(=O)c2ccc(N)cc2)n(C)n1. The minimum Gasteiger partial charge on any atom is -0.399 e. The molecule has 0 aliphatic carbocycles. The van der Waals surface area contributed by atoms with Gasteiger partial charge in [0.15, 0.2) is 0 Å². The second kappa shape index (κ2) is 4.71. The van der Waals surface area contributed by atoms with E-state index < -0.39 is 10.8 Å². The van der Waals surface area contributed by atoms with Crippen LogP contribution >= 0.6 is 0 Å². The fraction of sp³-hybridized carbons (Fsp3) is 0.250. The molecule has 2 rings (SSSR count). The topological polar surface area (TPSA) is 60.9 Å². The maximum atomic E-state index is 12.1. The number of aromatic nitrogens is 2. The number of nitrogens with zero attached hydrogens (tertiary/aromatic N) is 2. The maximum Gasteiger partial charge on any atom is 0.0702 e. The van der Waals surface area contributed by atoms with Crippen LogP contribution in [-0.2, 0) is 23.6 Å². The summed E-state index contributed by atoms with van der Waals surface area (Å²) in [6.07, 6.45) is 0. The van der Waals surface area contributed by atoms with Crippen molar-refractivity contribution >= 4 is 16.5 Å². The van der Waals surface area contributed by atoms with Crippen molar-refractivity contribution in [2.45, 2.75) is 17.6 Å². The normalized spacial score (nSPS) is 12.6. The molecular formula is C12H15N3OS. The molecule has 1 unspecified atom stereocenters. The Morgan fingerprint density at radius 2 is 2.00 bits per heavy atom. The van der Waals surface area contributed by atoms with Crippen LogP contribution in [-0.4, -0.2) is 14.0 Å². The van der Waals surface area contributed by atoms with Crippen LogP contribution in [0.3, 0.4) is 0 Å². The van der Waals surface area contributed by atoms with Crippen LogP contribution in [0.25, 0.3) is 0 Å². The Balaban J connectivity index is 2.17. The summed E-state index contributed by atoms with van der Waals surface area (Å²) in [5.74, 6) is 0.473. The van der Waals surface area contributed by atoms with Crippen molar-refractivity contribution < 1.29 is 4.21 Å². The minimum atomic E-state index is -1.06. The summed E-state index contributed by atoms with van der Waals surface area (Å²) in [5.41, 5.74) is 8.19. The van der Waals surface area contributed by atoms with E-state index >= 15 is 0 Å². The molecule has 0 radical (unpaired) electrons. The molecule has 0 bridgehead atoms. The van der Waals surface area contributed by atoms with E-state index in [1.807, 2.05) is 20.0 Å². The lowest BCUT2D eigenvalue weighted by Crippen LogP contribution is -2.03. The van der Waals surface area contributed by atoms with E-state index in [-0.39, 0.29) is 0 Å². The predicted octanol–water partition coefficient (Wildman–Crippen LogP) is 1.62. The largest absolute Gasteiger partial charge is 0.399 e. The molecule has 17 heavy (non-hydrogen) atoms. The van der Waals surface area contributed by atoms with Gasteiger partial charge in [0.05, 0.1) is 27.9 Å². The number of benzene rings is 1. The lowest BCUT2D eigenvalue weighted by molar-refractivity contribution is 0.676. The first-order valence-corrected chi connectivity index (χ1v) is 6.61. The van der Waals surface area contributed by atoms with Crippen LogP contribution in [0.2, 0.25) is 0 Å². The molecule has 1 atom stereocenters. The van der Waals surface area contributed by atoms with Gasteiger partial charge in [0.2, 0.25) is 0 Å². The number of nitrogen functional groups attached to an aromatic ring is 1. The molecule has 5 heteroatoms.